The second-order valence-electron chi connectivity index (χ2n) is 5.68. The van der Waals surface area contributed by atoms with Crippen molar-refractivity contribution in [3.63, 3.8) is 0 Å². The molecule has 0 radical (unpaired) electrons. The quantitative estimate of drug-likeness (QED) is 0.780. The molecule has 1 saturated heterocycles. The minimum Gasteiger partial charge on any atom is -0.342 e. The molecule has 5 nitrogen and oxygen atoms in total. The summed E-state index contributed by atoms with van der Waals surface area (Å²) in [6.45, 7) is 5.48. The number of rotatable bonds is 6. The Bertz CT molecular complexity index is 402. The minimum atomic E-state index is -3.12. The first-order valence-corrected chi connectivity index (χ1v) is 8.84. The van der Waals surface area contributed by atoms with E-state index in [1.807, 2.05) is 0 Å². The topological polar surface area (TPSA) is 66.5 Å². The molecule has 0 aliphatic carbocycles. The van der Waals surface area contributed by atoms with Crippen LogP contribution in [0.1, 0.15) is 33.1 Å². The zero-order valence-electron chi connectivity index (χ0n) is 12.3. The second-order valence-corrected chi connectivity index (χ2v) is 8.08. The Morgan fingerprint density at radius 2 is 2.05 bits per heavy atom. The van der Waals surface area contributed by atoms with Gasteiger partial charge in [0.05, 0.1) is 5.25 Å². The maximum absolute atomic E-state index is 12.1. The van der Waals surface area contributed by atoms with Crippen LogP contribution < -0.4 is 5.32 Å². The third-order valence-electron chi connectivity index (χ3n) is 4.29. The maximum atomic E-state index is 12.1. The van der Waals surface area contributed by atoms with Crippen molar-refractivity contribution in [1.29, 1.82) is 0 Å². The number of nitrogens with zero attached hydrogens (tertiary/aromatic N) is 1. The summed E-state index contributed by atoms with van der Waals surface area (Å²) in [5.41, 5.74) is 0. The number of hydrogen-bond donors (Lipinski definition) is 1. The van der Waals surface area contributed by atoms with Crippen LogP contribution in [0.2, 0.25) is 0 Å². The Hall–Kier alpha value is -0.620. The summed E-state index contributed by atoms with van der Waals surface area (Å²) >= 11 is 0. The van der Waals surface area contributed by atoms with Gasteiger partial charge in [-0.3, -0.25) is 4.79 Å². The van der Waals surface area contributed by atoms with Gasteiger partial charge in [-0.05, 0) is 45.7 Å². The van der Waals surface area contributed by atoms with E-state index in [1.165, 1.54) is 6.26 Å². The Morgan fingerprint density at radius 3 is 2.53 bits per heavy atom. The Labute approximate surface area is 116 Å². The van der Waals surface area contributed by atoms with Gasteiger partial charge < -0.3 is 10.2 Å². The molecular weight excluding hydrogens is 264 g/mol. The molecule has 6 heteroatoms. The van der Waals surface area contributed by atoms with Crippen molar-refractivity contribution in [2.45, 2.75) is 44.4 Å². The van der Waals surface area contributed by atoms with Crippen LogP contribution in [-0.4, -0.2) is 56.9 Å². The molecule has 1 heterocycles. The normalized spacial score (nSPS) is 23.1. The molecule has 0 bridgehead atoms. The summed E-state index contributed by atoms with van der Waals surface area (Å²) < 4.78 is 23.0. The van der Waals surface area contributed by atoms with Crippen molar-refractivity contribution in [1.82, 2.24) is 10.2 Å². The standard InChI is InChI=1S/C13H26N2O3S/c1-10(11(2)19(4,17)18)15(3)13(16)6-5-12-7-8-14-9-12/h10-12,14H,5-9H2,1-4H3. The first kappa shape index (κ1) is 16.4. The van der Waals surface area contributed by atoms with Gasteiger partial charge in [0.15, 0.2) is 9.84 Å². The van der Waals surface area contributed by atoms with Gasteiger partial charge in [0.1, 0.15) is 0 Å². The summed E-state index contributed by atoms with van der Waals surface area (Å²) in [6.07, 6.45) is 3.74. The van der Waals surface area contributed by atoms with Gasteiger partial charge in [0.25, 0.3) is 0 Å². The Morgan fingerprint density at radius 1 is 1.42 bits per heavy atom. The molecule has 0 spiro atoms. The number of carbonyl (C=O) groups is 1. The molecule has 3 atom stereocenters. The van der Waals surface area contributed by atoms with Crippen LogP contribution in [-0.2, 0) is 14.6 Å². The highest BCUT2D eigenvalue weighted by Crippen LogP contribution is 2.17. The first-order chi connectivity index (χ1) is 8.73. The SMILES string of the molecule is CC(C(C)S(C)(=O)=O)N(C)C(=O)CCC1CCNC1. The van der Waals surface area contributed by atoms with E-state index in [2.05, 4.69) is 5.32 Å². The molecule has 1 fully saturated rings. The monoisotopic (exact) mass is 290 g/mol. The van der Waals surface area contributed by atoms with Crippen LogP contribution in [0.5, 0.6) is 0 Å². The summed E-state index contributed by atoms with van der Waals surface area (Å²) in [5.74, 6) is 0.620. The molecule has 112 valence electrons. The second kappa shape index (κ2) is 6.70. The summed E-state index contributed by atoms with van der Waals surface area (Å²) in [6, 6.07) is -0.288. The van der Waals surface area contributed by atoms with E-state index in [0.717, 1.165) is 25.9 Å². The van der Waals surface area contributed by atoms with Crippen molar-refractivity contribution < 1.29 is 13.2 Å². The van der Waals surface area contributed by atoms with Crippen molar-refractivity contribution in [2.75, 3.05) is 26.4 Å². The van der Waals surface area contributed by atoms with E-state index in [-0.39, 0.29) is 11.9 Å². The molecule has 1 aliphatic heterocycles. The van der Waals surface area contributed by atoms with Gasteiger partial charge in [-0.2, -0.15) is 0 Å². The van der Waals surface area contributed by atoms with Crippen molar-refractivity contribution >= 4 is 15.7 Å². The number of hydrogen-bond acceptors (Lipinski definition) is 4. The highest BCUT2D eigenvalue weighted by Gasteiger charge is 2.28. The number of sulfone groups is 1. The van der Waals surface area contributed by atoms with Gasteiger partial charge in [-0.25, -0.2) is 8.42 Å². The summed E-state index contributed by atoms with van der Waals surface area (Å²) in [4.78, 5) is 13.7. The van der Waals surface area contributed by atoms with Gasteiger partial charge in [-0.1, -0.05) is 0 Å². The number of nitrogens with one attached hydrogen (secondary N) is 1. The van der Waals surface area contributed by atoms with E-state index in [9.17, 15) is 13.2 Å². The maximum Gasteiger partial charge on any atom is 0.222 e. The molecule has 19 heavy (non-hydrogen) atoms. The highest BCUT2D eigenvalue weighted by atomic mass is 32.2. The van der Waals surface area contributed by atoms with E-state index in [4.69, 9.17) is 0 Å². The summed E-state index contributed by atoms with van der Waals surface area (Å²) in [7, 11) is -1.42. The predicted octanol–water partition coefficient (Wildman–Crippen LogP) is 0.656. The zero-order valence-corrected chi connectivity index (χ0v) is 13.2. The molecule has 1 amide bonds. The van der Waals surface area contributed by atoms with E-state index in [0.29, 0.717) is 12.3 Å². The zero-order chi connectivity index (χ0) is 14.6. The van der Waals surface area contributed by atoms with Crippen LogP contribution in [0.25, 0.3) is 0 Å². The van der Waals surface area contributed by atoms with Crippen LogP contribution in [0, 0.1) is 5.92 Å². The molecule has 0 saturated carbocycles. The van der Waals surface area contributed by atoms with Crippen molar-refractivity contribution in [3.8, 4) is 0 Å². The lowest BCUT2D eigenvalue weighted by Crippen LogP contribution is -2.44. The van der Waals surface area contributed by atoms with E-state index >= 15 is 0 Å². The lowest BCUT2D eigenvalue weighted by atomic mass is 10.0. The molecule has 3 unspecified atom stereocenters. The lowest BCUT2D eigenvalue weighted by molar-refractivity contribution is -0.131. The average Bonchev–Trinajstić information content (AvgIpc) is 2.85. The van der Waals surface area contributed by atoms with Crippen molar-refractivity contribution in [3.05, 3.63) is 0 Å². The van der Waals surface area contributed by atoms with Crippen LogP contribution >= 0.6 is 0 Å². The molecule has 1 rings (SSSR count). The largest absolute Gasteiger partial charge is 0.342 e. The van der Waals surface area contributed by atoms with Gasteiger partial charge in [-0.15, -0.1) is 0 Å². The van der Waals surface area contributed by atoms with Crippen LogP contribution in [0.3, 0.4) is 0 Å². The molecule has 0 aromatic heterocycles. The summed E-state index contributed by atoms with van der Waals surface area (Å²) in [5, 5.41) is 2.75. The third-order valence-corrected chi connectivity index (χ3v) is 6.03. The fraction of sp³-hybridized carbons (Fsp3) is 0.923. The molecular formula is C13H26N2O3S. The lowest BCUT2D eigenvalue weighted by Gasteiger charge is -2.29. The van der Waals surface area contributed by atoms with Crippen LogP contribution in [0.4, 0.5) is 0 Å². The van der Waals surface area contributed by atoms with Crippen molar-refractivity contribution in [2.24, 2.45) is 5.92 Å². The number of carbonyl (C=O) groups excluding carboxylic acids is 1. The Balaban J connectivity index is 2.46. The van der Waals surface area contributed by atoms with Gasteiger partial charge in [0.2, 0.25) is 5.91 Å². The first-order valence-electron chi connectivity index (χ1n) is 6.88. The van der Waals surface area contributed by atoms with Crippen LogP contribution in [0.15, 0.2) is 0 Å². The Kier molecular flexibility index (Phi) is 5.80. The smallest absolute Gasteiger partial charge is 0.222 e. The van der Waals surface area contributed by atoms with Gasteiger partial charge >= 0.3 is 0 Å². The third kappa shape index (κ3) is 4.76. The molecule has 1 N–H and O–H groups in total. The average molecular weight is 290 g/mol. The highest BCUT2D eigenvalue weighted by molar-refractivity contribution is 7.91. The minimum absolute atomic E-state index is 0.0369. The fourth-order valence-electron chi connectivity index (χ4n) is 2.36. The van der Waals surface area contributed by atoms with Gasteiger partial charge in [0, 0.05) is 25.8 Å². The fourth-order valence-corrected chi connectivity index (χ4v) is 3.26. The molecule has 1 aliphatic rings. The molecule has 0 aromatic carbocycles. The predicted molar refractivity (Wildman–Crippen MR) is 76.7 cm³/mol. The van der Waals surface area contributed by atoms with E-state index < -0.39 is 15.1 Å². The van der Waals surface area contributed by atoms with E-state index in [1.54, 1.807) is 25.8 Å². The molecule has 0 aromatic rings. The number of amides is 1.